The SMILES string of the molecule is C[C@H]1CC(=O)Nc2ccccc2N1C(=O)CBr. The van der Waals surface area contributed by atoms with Crippen LogP contribution in [0.2, 0.25) is 0 Å². The van der Waals surface area contributed by atoms with Gasteiger partial charge in [0.25, 0.3) is 0 Å². The van der Waals surface area contributed by atoms with E-state index < -0.39 is 0 Å². The van der Waals surface area contributed by atoms with Crippen molar-refractivity contribution >= 4 is 39.1 Å². The van der Waals surface area contributed by atoms with Crippen LogP contribution in [0.5, 0.6) is 0 Å². The molecular weight excluding hydrogens is 284 g/mol. The van der Waals surface area contributed by atoms with E-state index in [9.17, 15) is 9.59 Å². The zero-order valence-electron chi connectivity index (χ0n) is 9.44. The standard InChI is InChI=1S/C12H13BrN2O2/c1-8-6-11(16)14-9-4-2-3-5-10(9)15(8)12(17)7-13/h2-5,8H,6-7H2,1H3,(H,14,16)/t8-/m0/s1. The number of amides is 2. The molecule has 1 aromatic rings. The molecule has 1 atom stereocenters. The van der Waals surface area contributed by atoms with E-state index in [1.807, 2.05) is 25.1 Å². The molecule has 1 heterocycles. The number of carbonyl (C=O) groups is 2. The molecule has 0 fully saturated rings. The first-order chi connectivity index (χ1) is 8.13. The predicted molar refractivity (Wildman–Crippen MR) is 70.4 cm³/mol. The van der Waals surface area contributed by atoms with Gasteiger partial charge in [-0.15, -0.1) is 0 Å². The van der Waals surface area contributed by atoms with Gasteiger partial charge in [0.2, 0.25) is 11.8 Å². The summed E-state index contributed by atoms with van der Waals surface area (Å²) < 4.78 is 0. The maximum atomic E-state index is 11.9. The largest absolute Gasteiger partial charge is 0.324 e. The summed E-state index contributed by atoms with van der Waals surface area (Å²) >= 11 is 3.17. The van der Waals surface area contributed by atoms with Gasteiger partial charge in [-0.1, -0.05) is 28.1 Å². The molecule has 0 aromatic heterocycles. The molecule has 0 unspecified atom stereocenters. The Kier molecular flexibility index (Phi) is 3.47. The van der Waals surface area contributed by atoms with E-state index in [0.29, 0.717) is 12.1 Å². The molecule has 2 amide bonds. The van der Waals surface area contributed by atoms with Crippen LogP contribution in [-0.4, -0.2) is 23.2 Å². The Hall–Kier alpha value is -1.36. The van der Waals surface area contributed by atoms with Gasteiger partial charge in [0.15, 0.2) is 0 Å². The molecule has 1 N–H and O–H groups in total. The average molecular weight is 297 g/mol. The lowest BCUT2D eigenvalue weighted by molar-refractivity contribution is -0.117. The van der Waals surface area contributed by atoms with Gasteiger partial charge >= 0.3 is 0 Å². The number of nitrogens with one attached hydrogen (secondary N) is 1. The number of hydrogen-bond donors (Lipinski definition) is 1. The Balaban J connectivity index is 2.49. The van der Waals surface area contributed by atoms with Gasteiger partial charge < -0.3 is 10.2 Å². The van der Waals surface area contributed by atoms with Crippen LogP contribution in [0.15, 0.2) is 24.3 Å². The Labute approximate surface area is 108 Å². The Morgan fingerprint density at radius 2 is 2.24 bits per heavy atom. The van der Waals surface area contributed by atoms with Crippen LogP contribution < -0.4 is 10.2 Å². The van der Waals surface area contributed by atoms with Gasteiger partial charge in [-0.3, -0.25) is 9.59 Å². The quantitative estimate of drug-likeness (QED) is 0.807. The van der Waals surface area contributed by atoms with Gasteiger partial charge in [-0.05, 0) is 19.1 Å². The summed E-state index contributed by atoms with van der Waals surface area (Å²) in [4.78, 5) is 25.3. The summed E-state index contributed by atoms with van der Waals surface area (Å²) in [6.07, 6.45) is 0.313. The second kappa shape index (κ2) is 4.87. The van der Waals surface area contributed by atoms with Gasteiger partial charge in [-0.2, -0.15) is 0 Å². The number of halogens is 1. The number of benzene rings is 1. The van der Waals surface area contributed by atoms with Crippen LogP contribution in [0.1, 0.15) is 13.3 Å². The first-order valence-electron chi connectivity index (χ1n) is 5.40. The number of nitrogens with zero attached hydrogens (tertiary/aromatic N) is 1. The molecule has 2 rings (SSSR count). The highest BCUT2D eigenvalue weighted by atomic mass is 79.9. The number of carbonyl (C=O) groups excluding carboxylic acids is 2. The van der Waals surface area contributed by atoms with Crippen molar-refractivity contribution in [1.29, 1.82) is 0 Å². The van der Waals surface area contributed by atoms with E-state index in [1.54, 1.807) is 11.0 Å². The third-order valence-corrected chi connectivity index (χ3v) is 3.22. The van der Waals surface area contributed by atoms with E-state index in [4.69, 9.17) is 0 Å². The molecule has 0 saturated carbocycles. The smallest absolute Gasteiger partial charge is 0.237 e. The molecule has 1 aliphatic heterocycles. The average Bonchev–Trinajstić information content (AvgIpc) is 2.42. The molecule has 0 aliphatic carbocycles. The summed E-state index contributed by atoms with van der Waals surface area (Å²) in [5.41, 5.74) is 1.45. The van der Waals surface area contributed by atoms with Crippen molar-refractivity contribution in [3.05, 3.63) is 24.3 Å². The van der Waals surface area contributed by atoms with Crippen molar-refractivity contribution in [2.24, 2.45) is 0 Å². The third kappa shape index (κ3) is 2.34. The van der Waals surface area contributed by atoms with E-state index in [0.717, 1.165) is 5.69 Å². The highest BCUT2D eigenvalue weighted by Gasteiger charge is 2.28. The predicted octanol–water partition coefficient (Wildman–Crippen LogP) is 2.15. The molecule has 0 radical (unpaired) electrons. The van der Waals surface area contributed by atoms with Crippen molar-refractivity contribution in [3.63, 3.8) is 0 Å². The maximum absolute atomic E-state index is 11.9. The lowest BCUT2D eigenvalue weighted by Crippen LogP contribution is -2.39. The van der Waals surface area contributed by atoms with Crippen LogP contribution in [0.3, 0.4) is 0 Å². The first kappa shape index (κ1) is 12.1. The highest BCUT2D eigenvalue weighted by molar-refractivity contribution is 9.09. The zero-order chi connectivity index (χ0) is 12.4. The summed E-state index contributed by atoms with van der Waals surface area (Å²) in [6.45, 7) is 1.88. The van der Waals surface area contributed by atoms with E-state index >= 15 is 0 Å². The fourth-order valence-electron chi connectivity index (χ4n) is 2.03. The third-order valence-electron chi connectivity index (χ3n) is 2.74. The number of hydrogen-bond acceptors (Lipinski definition) is 2. The Morgan fingerprint density at radius 1 is 1.53 bits per heavy atom. The number of para-hydroxylation sites is 2. The fourth-order valence-corrected chi connectivity index (χ4v) is 2.30. The molecule has 5 heteroatoms. The first-order valence-corrected chi connectivity index (χ1v) is 6.52. The van der Waals surface area contributed by atoms with Crippen LogP contribution in [0.4, 0.5) is 11.4 Å². The fraction of sp³-hybridized carbons (Fsp3) is 0.333. The van der Waals surface area contributed by atoms with Crippen LogP contribution in [-0.2, 0) is 9.59 Å². The lowest BCUT2D eigenvalue weighted by Gasteiger charge is -2.27. The minimum absolute atomic E-state index is 0.0403. The van der Waals surface area contributed by atoms with Gasteiger partial charge in [0.1, 0.15) is 0 Å². The number of fused-ring (bicyclic) bond motifs is 1. The van der Waals surface area contributed by atoms with Crippen molar-refractivity contribution in [2.75, 3.05) is 15.5 Å². The molecule has 1 aromatic carbocycles. The van der Waals surface area contributed by atoms with Crippen LogP contribution in [0.25, 0.3) is 0 Å². The van der Waals surface area contributed by atoms with Crippen molar-refractivity contribution in [3.8, 4) is 0 Å². The van der Waals surface area contributed by atoms with E-state index in [2.05, 4.69) is 21.2 Å². The monoisotopic (exact) mass is 296 g/mol. The molecule has 4 nitrogen and oxygen atoms in total. The molecule has 0 bridgehead atoms. The van der Waals surface area contributed by atoms with Crippen molar-refractivity contribution in [1.82, 2.24) is 0 Å². The van der Waals surface area contributed by atoms with E-state index in [1.165, 1.54) is 0 Å². The second-order valence-electron chi connectivity index (χ2n) is 4.02. The normalized spacial score (nSPS) is 19.3. The molecule has 0 saturated heterocycles. The number of anilines is 2. The van der Waals surface area contributed by atoms with Crippen molar-refractivity contribution in [2.45, 2.75) is 19.4 Å². The summed E-state index contributed by atoms with van der Waals surface area (Å²) in [6, 6.07) is 7.21. The van der Waals surface area contributed by atoms with Crippen molar-refractivity contribution < 1.29 is 9.59 Å². The minimum atomic E-state index is -0.135. The van der Waals surface area contributed by atoms with Gasteiger partial charge in [0.05, 0.1) is 16.7 Å². The van der Waals surface area contributed by atoms with E-state index in [-0.39, 0.29) is 23.2 Å². The Morgan fingerprint density at radius 3 is 2.94 bits per heavy atom. The summed E-state index contributed by atoms with van der Waals surface area (Å²) in [5, 5.41) is 3.06. The minimum Gasteiger partial charge on any atom is -0.324 e. The highest BCUT2D eigenvalue weighted by Crippen LogP contribution is 2.31. The topological polar surface area (TPSA) is 49.4 Å². The van der Waals surface area contributed by atoms with Gasteiger partial charge in [0, 0.05) is 12.5 Å². The van der Waals surface area contributed by atoms with Crippen LogP contribution in [0, 0.1) is 0 Å². The molecule has 1 aliphatic rings. The maximum Gasteiger partial charge on any atom is 0.237 e. The number of rotatable bonds is 1. The molecule has 90 valence electrons. The molecular formula is C12H13BrN2O2. The van der Waals surface area contributed by atoms with Crippen LogP contribution >= 0.6 is 15.9 Å². The lowest BCUT2D eigenvalue weighted by atomic mass is 10.2. The summed E-state index contributed by atoms with van der Waals surface area (Å²) in [5.74, 6) is -0.101. The number of alkyl halides is 1. The molecule has 0 spiro atoms. The second-order valence-corrected chi connectivity index (χ2v) is 4.58. The molecule has 17 heavy (non-hydrogen) atoms. The summed E-state index contributed by atoms with van der Waals surface area (Å²) in [7, 11) is 0. The Bertz CT molecular complexity index is 462. The zero-order valence-corrected chi connectivity index (χ0v) is 11.0. The van der Waals surface area contributed by atoms with Gasteiger partial charge in [-0.25, -0.2) is 0 Å².